The van der Waals surface area contributed by atoms with Gasteiger partial charge < -0.3 is 10.0 Å². The van der Waals surface area contributed by atoms with Crippen LogP contribution in [0.5, 0.6) is 0 Å². The van der Waals surface area contributed by atoms with Crippen LogP contribution < -0.4 is 0 Å². The lowest BCUT2D eigenvalue weighted by Gasteiger charge is -2.20. The Balaban J connectivity index is 2.41. The minimum absolute atomic E-state index is 0.202. The number of carbonyl (C=O) groups is 1. The van der Waals surface area contributed by atoms with Crippen molar-refractivity contribution in [3.05, 3.63) is 53.9 Å². The summed E-state index contributed by atoms with van der Waals surface area (Å²) in [5.41, 5.74) is 3.19. The summed E-state index contributed by atoms with van der Waals surface area (Å²) in [4.78, 5) is 17.1. The summed E-state index contributed by atoms with van der Waals surface area (Å²) in [5.74, 6) is -0.961. The van der Waals surface area contributed by atoms with Gasteiger partial charge >= 0.3 is 5.97 Å². The molecule has 4 heteroatoms. The van der Waals surface area contributed by atoms with Crippen molar-refractivity contribution < 1.29 is 9.90 Å². The maximum absolute atomic E-state index is 11.0. The van der Waals surface area contributed by atoms with E-state index in [1.807, 2.05) is 26.2 Å². The highest BCUT2D eigenvalue weighted by atomic mass is 16.4. The molecule has 0 aliphatic heterocycles. The first-order valence-corrected chi connectivity index (χ1v) is 6.44. The van der Waals surface area contributed by atoms with Gasteiger partial charge in [-0.3, -0.25) is 4.98 Å². The fourth-order valence-corrected chi connectivity index (χ4v) is 1.99. The second-order valence-electron chi connectivity index (χ2n) is 5.03. The van der Waals surface area contributed by atoms with Crippen LogP contribution in [0.15, 0.2) is 42.7 Å². The van der Waals surface area contributed by atoms with Crippen molar-refractivity contribution in [3.8, 4) is 11.1 Å². The van der Waals surface area contributed by atoms with E-state index in [9.17, 15) is 4.79 Å². The van der Waals surface area contributed by atoms with Gasteiger partial charge in [-0.2, -0.15) is 0 Å². The standard InChI is InChI=1S/C16H18N2O2/c1-11(18(2)3)12-5-4-6-13(7-12)14-8-15(16(19)20)10-17-9-14/h4-11H,1-3H3,(H,19,20)/t11-/m0/s1. The van der Waals surface area contributed by atoms with E-state index >= 15 is 0 Å². The number of benzene rings is 1. The quantitative estimate of drug-likeness (QED) is 0.927. The van der Waals surface area contributed by atoms with Crippen LogP contribution in [0.4, 0.5) is 0 Å². The summed E-state index contributed by atoms with van der Waals surface area (Å²) in [6.45, 7) is 2.13. The lowest BCUT2D eigenvalue weighted by Crippen LogP contribution is -2.16. The van der Waals surface area contributed by atoms with Crippen LogP contribution >= 0.6 is 0 Å². The molecule has 0 saturated heterocycles. The van der Waals surface area contributed by atoms with E-state index in [2.05, 4.69) is 28.9 Å². The molecule has 0 radical (unpaired) electrons. The number of hydrogen-bond donors (Lipinski definition) is 1. The van der Waals surface area contributed by atoms with Gasteiger partial charge in [0.15, 0.2) is 0 Å². The Kier molecular flexibility index (Phi) is 4.15. The van der Waals surface area contributed by atoms with E-state index in [-0.39, 0.29) is 5.56 Å². The van der Waals surface area contributed by atoms with Crippen LogP contribution in [-0.4, -0.2) is 35.1 Å². The predicted molar refractivity (Wildman–Crippen MR) is 78.7 cm³/mol. The zero-order valence-electron chi connectivity index (χ0n) is 11.9. The number of aromatic nitrogens is 1. The smallest absolute Gasteiger partial charge is 0.337 e. The molecule has 1 aromatic carbocycles. The van der Waals surface area contributed by atoms with Gasteiger partial charge in [0.2, 0.25) is 0 Å². The molecule has 1 N–H and O–H groups in total. The van der Waals surface area contributed by atoms with Gasteiger partial charge in [0.05, 0.1) is 5.56 Å². The van der Waals surface area contributed by atoms with E-state index in [1.165, 1.54) is 11.8 Å². The van der Waals surface area contributed by atoms with Gasteiger partial charge in [-0.1, -0.05) is 18.2 Å². The molecule has 20 heavy (non-hydrogen) atoms. The van der Waals surface area contributed by atoms with Crippen molar-refractivity contribution in [3.63, 3.8) is 0 Å². The van der Waals surface area contributed by atoms with E-state index in [0.717, 1.165) is 11.1 Å². The molecular formula is C16H18N2O2. The minimum atomic E-state index is -0.961. The second-order valence-corrected chi connectivity index (χ2v) is 5.03. The Labute approximate surface area is 118 Å². The third-order valence-corrected chi connectivity index (χ3v) is 3.46. The summed E-state index contributed by atoms with van der Waals surface area (Å²) in [5, 5.41) is 9.03. The van der Waals surface area contributed by atoms with Crippen molar-refractivity contribution in [2.45, 2.75) is 13.0 Å². The first kappa shape index (κ1) is 14.2. The third kappa shape index (κ3) is 3.03. The van der Waals surface area contributed by atoms with Crippen LogP contribution in [0, 0.1) is 0 Å². The van der Waals surface area contributed by atoms with E-state index in [0.29, 0.717) is 6.04 Å². The Bertz CT molecular complexity index is 623. The number of carboxylic acid groups (broad SMARTS) is 1. The molecule has 0 aliphatic carbocycles. The molecule has 1 aromatic heterocycles. The summed E-state index contributed by atoms with van der Waals surface area (Å²) in [7, 11) is 4.06. The highest BCUT2D eigenvalue weighted by Gasteiger charge is 2.10. The van der Waals surface area contributed by atoms with Crippen LogP contribution in [0.1, 0.15) is 28.9 Å². The average molecular weight is 270 g/mol. The Morgan fingerprint density at radius 3 is 2.60 bits per heavy atom. The molecule has 4 nitrogen and oxygen atoms in total. The maximum atomic E-state index is 11.0. The summed E-state index contributed by atoms with van der Waals surface area (Å²) < 4.78 is 0. The van der Waals surface area contributed by atoms with Gasteiger partial charge in [0, 0.05) is 24.0 Å². The van der Waals surface area contributed by atoms with Crippen molar-refractivity contribution in [2.24, 2.45) is 0 Å². The zero-order chi connectivity index (χ0) is 14.7. The third-order valence-electron chi connectivity index (χ3n) is 3.46. The summed E-state index contributed by atoms with van der Waals surface area (Å²) in [6, 6.07) is 10.0. The van der Waals surface area contributed by atoms with Crippen LogP contribution in [0.3, 0.4) is 0 Å². The molecular weight excluding hydrogens is 252 g/mol. The second kappa shape index (κ2) is 5.84. The fraction of sp³-hybridized carbons (Fsp3) is 0.250. The van der Waals surface area contributed by atoms with Crippen LogP contribution in [0.25, 0.3) is 11.1 Å². The Morgan fingerprint density at radius 1 is 1.20 bits per heavy atom. The molecule has 0 fully saturated rings. The molecule has 0 saturated carbocycles. The topological polar surface area (TPSA) is 53.4 Å². The number of hydrogen-bond acceptors (Lipinski definition) is 3. The van der Waals surface area contributed by atoms with Gasteiger partial charge in [-0.05, 0) is 44.3 Å². The molecule has 0 bridgehead atoms. The van der Waals surface area contributed by atoms with Crippen molar-refractivity contribution in [1.82, 2.24) is 9.88 Å². The van der Waals surface area contributed by atoms with E-state index < -0.39 is 5.97 Å². The van der Waals surface area contributed by atoms with Gasteiger partial charge in [0.1, 0.15) is 0 Å². The van der Waals surface area contributed by atoms with E-state index in [4.69, 9.17) is 5.11 Å². The number of pyridine rings is 1. The highest BCUT2D eigenvalue weighted by molar-refractivity contribution is 5.88. The zero-order valence-corrected chi connectivity index (χ0v) is 11.9. The molecule has 1 heterocycles. The lowest BCUT2D eigenvalue weighted by molar-refractivity contribution is 0.0696. The Morgan fingerprint density at radius 2 is 1.95 bits per heavy atom. The number of aromatic carboxylic acids is 1. The largest absolute Gasteiger partial charge is 0.478 e. The van der Waals surface area contributed by atoms with Crippen LogP contribution in [-0.2, 0) is 0 Å². The molecule has 1 atom stereocenters. The molecule has 2 aromatic rings. The lowest BCUT2D eigenvalue weighted by atomic mass is 10.00. The molecule has 0 spiro atoms. The van der Waals surface area contributed by atoms with Crippen molar-refractivity contribution >= 4 is 5.97 Å². The summed E-state index contributed by atoms with van der Waals surface area (Å²) in [6.07, 6.45) is 3.05. The fourth-order valence-electron chi connectivity index (χ4n) is 1.99. The number of nitrogens with zero attached hydrogens (tertiary/aromatic N) is 2. The number of rotatable bonds is 4. The normalized spacial score (nSPS) is 12.4. The molecule has 104 valence electrons. The van der Waals surface area contributed by atoms with Gasteiger partial charge in [-0.25, -0.2) is 4.79 Å². The summed E-state index contributed by atoms with van der Waals surface area (Å²) >= 11 is 0. The highest BCUT2D eigenvalue weighted by Crippen LogP contribution is 2.25. The van der Waals surface area contributed by atoms with Gasteiger partial charge in [0.25, 0.3) is 0 Å². The Hall–Kier alpha value is -2.20. The molecule has 2 rings (SSSR count). The van der Waals surface area contributed by atoms with Crippen molar-refractivity contribution in [2.75, 3.05) is 14.1 Å². The average Bonchev–Trinajstić information content (AvgIpc) is 2.46. The predicted octanol–water partition coefficient (Wildman–Crippen LogP) is 3.07. The maximum Gasteiger partial charge on any atom is 0.337 e. The molecule has 0 aliphatic rings. The first-order chi connectivity index (χ1) is 9.49. The molecule has 0 unspecified atom stereocenters. The van der Waals surface area contributed by atoms with Gasteiger partial charge in [-0.15, -0.1) is 0 Å². The number of carboxylic acids is 1. The van der Waals surface area contributed by atoms with E-state index in [1.54, 1.807) is 12.3 Å². The SMILES string of the molecule is C[C@@H](c1cccc(-c2cncc(C(=O)O)c2)c1)N(C)C. The van der Waals surface area contributed by atoms with Crippen LogP contribution in [0.2, 0.25) is 0 Å². The first-order valence-electron chi connectivity index (χ1n) is 6.44. The minimum Gasteiger partial charge on any atom is -0.478 e. The monoisotopic (exact) mass is 270 g/mol. The van der Waals surface area contributed by atoms with Crippen molar-refractivity contribution in [1.29, 1.82) is 0 Å². The molecule has 0 amide bonds.